The van der Waals surface area contributed by atoms with Gasteiger partial charge in [0.15, 0.2) is 0 Å². The molecule has 0 bridgehead atoms. The molecule has 0 saturated carbocycles. The highest BCUT2D eigenvalue weighted by Crippen LogP contribution is 2.24. The van der Waals surface area contributed by atoms with Crippen molar-refractivity contribution in [3.8, 4) is 0 Å². The number of sulfonamides is 1. The molecule has 1 aromatic carbocycles. The standard InChI is InChI=1S/C14H20FN3O3S.ClH/c1-10(19)17-14-9-12(3-4-13(14)15)22(20,21)18(2)11-5-7-16-8-6-11;/h3-4,9,11,16H,5-8H2,1-2H3,(H,17,19);1H. The predicted octanol–water partition coefficient (Wildman–Crippen LogP) is 1.58. The summed E-state index contributed by atoms with van der Waals surface area (Å²) in [5.74, 6) is -1.13. The van der Waals surface area contributed by atoms with Gasteiger partial charge in [0.1, 0.15) is 5.82 Å². The second-order valence-corrected chi connectivity index (χ2v) is 7.32. The van der Waals surface area contributed by atoms with E-state index < -0.39 is 21.7 Å². The molecule has 6 nitrogen and oxygen atoms in total. The van der Waals surface area contributed by atoms with Crippen molar-refractivity contribution in [1.29, 1.82) is 0 Å². The van der Waals surface area contributed by atoms with Crippen LogP contribution in [0.1, 0.15) is 19.8 Å². The number of hydrogen-bond donors (Lipinski definition) is 2. The van der Waals surface area contributed by atoms with E-state index in [9.17, 15) is 17.6 Å². The molecule has 0 aliphatic carbocycles. The molecule has 1 fully saturated rings. The molecule has 1 heterocycles. The summed E-state index contributed by atoms with van der Waals surface area (Å²) < 4.78 is 40.3. The Hall–Kier alpha value is -1.22. The molecule has 130 valence electrons. The highest BCUT2D eigenvalue weighted by molar-refractivity contribution is 7.89. The van der Waals surface area contributed by atoms with Gasteiger partial charge in [-0.15, -0.1) is 12.4 Å². The number of nitrogens with zero attached hydrogens (tertiary/aromatic N) is 1. The van der Waals surface area contributed by atoms with Gasteiger partial charge in [0.25, 0.3) is 0 Å². The molecule has 1 aliphatic heterocycles. The minimum absolute atomic E-state index is 0. The van der Waals surface area contributed by atoms with Gasteiger partial charge in [-0.3, -0.25) is 4.79 Å². The first kappa shape index (κ1) is 19.8. The fourth-order valence-electron chi connectivity index (χ4n) is 2.48. The van der Waals surface area contributed by atoms with Crippen molar-refractivity contribution in [1.82, 2.24) is 9.62 Å². The number of nitrogens with one attached hydrogen (secondary N) is 2. The highest BCUT2D eigenvalue weighted by Gasteiger charge is 2.29. The van der Waals surface area contributed by atoms with Gasteiger partial charge in [-0.1, -0.05) is 0 Å². The Balaban J connectivity index is 0.00000264. The van der Waals surface area contributed by atoms with Gasteiger partial charge >= 0.3 is 0 Å². The number of carbonyl (C=O) groups is 1. The van der Waals surface area contributed by atoms with E-state index in [1.165, 1.54) is 24.3 Å². The Bertz CT molecular complexity index is 663. The lowest BCUT2D eigenvalue weighted by Gasteiger charge is -2.30. The SMILES string of the molecule is CC(=O)Nc1cc(S(=O)(=O)N(C)C2CCNCC2)ccc1F.Cl. The second-order valence-electron chi connectivity index (χ2n) is 5.33. The second kappa shape index (κ2) is 8.05. The molecule has 0 aromatic heterocycles. The summed E-state index contributed by atoms with van der Waals surface area (Å²) in [6, 6.07) is 3.34. The van der Waals surface area contributed by atoms with Gasteiger partial charge in [-0.2, -0.15) is 4.31 Å². The summed E-state index contributed by atoms with van der Waals surface area (Å²) in [6.45, 7) is 2.78. The first-order valence-corrected chi connectivity index (χ1v) is 8.52. The molecule has 1 amide bonds. The van der Waals surface area contributed by atoms with E-state index in [2.05, 4.69) is 10.6 Å². The van der Waals surface area contributed by atoms with Crippen molar-refractivity contribution >= 4 is 34.0 Å². The summed E-state index contributed by atoms with van der Waals surface area (Å²) in [6.07, 6.45) is 1.46. The summed E-state index contributed by atoms with van der Waals surface area (Å²) >= 11 is 0. The van der Waals surface area contributed by atoms with E-state index >= 15 is 0 Å². The van der Waals surface area contributed by atoms with Gasteiger partial charge in [0.2, 0.25) is 15.9 Å². The summed E-state index contributed by atoms with van der Waals surface area (Å²) in [4.78, 5) is 11.0. The summed E-state index contributed by atoms with van der Waals surface area (Å²) in [5, 5.41) is 5.48. The lowest BCUT2D eigenvalue weighted by Crippen LogP contribution is -2.43. The Morgan fingerprint density at radius 2 is 1.96 bits per heavy atom. The maximum Gasteiger partial charge on any atom is 0.243 e. The largest absolute Gasteiger partial charge is 0.324 e. The van der Waals surface area contributed by atoms with Gasteiger partial charge < -0.3 is 10.6 Å². The zero-order valence-electron chi connectivity index (χ0n) is 13.0. The molecule has 2 rings (SSSR count). The maximum atomic E-state index is 13.6. The van der Waals surface area contributed by atoms with Crippen LogP contribution < -0.4 is 10.6 Å². The van der Waals surface area contributed by atoms with Crippen LogP contribution in [0.15, 0.2) is 23.1 Å². The quantitative estimate of drug-likeness (QED) is 0.849. The van der Waals surface area contributed by atoms with E-state index in [4.69, 9.17) is 0 Å². The third-order valence-electron chi connectivity index (χ3n) is 3.75. The van der Waals surface area contributed by atoms with E-state index in [-0.39, 0.29) is 29.0 Å². The van der Waals surface area contributed by atoms with Crippen LogP contribution in [0, 0.1) is 5.82 Å². The summed E-state index contributed by atoms with van der Waals surface area (Å²) in [7, 11) is -2.19. The van der Waals surface area contributed by atoms with Crippen LogP contribution in [-0.4, -0.2) is 44.8 Å². The average Bonchev–Trinajstić information content (AvgIpc) is 2.49. The van der Waals surface area contributed by atoms with Gasteiger partial charge in [0.05, 0.1) is 10.6 Å². The zero-order valence-corrected chi connectivity index (χ0v) is 14.6. The van der Waals surface area contributed by atoms with E-state index in [1.54, 1.807) is 0 Å². The Morgan fingerprint density at radius 1 is 1.35 bits per heavy atom. The first-order valence-electron chi connectivity index (χ1n) is 7.08. The van der Waals surface area contributed by atoms with Crippen molar-refractivity contribution in [2.75, 3.05) is 25.5 Å². The topological polar surface area (TPSA) is 78.5 Å². The molecule has 0 atom stereocenters. The molecule has 23 heavy (non-hydrogen) atoms. The molecule has 1 aliphatic rings. The van der Waals surface area contributed by atoms with Crippen molar-refractivity contribution in [3.63, 3.8) is 0 Å². The predicted molar refractivity (Wildman–Crippen MR) is 88.8 cm³/mol. The number of anilines is 1. The number of halogens is 2. The molecule has 0 unspecified atom stereocenters. The van der Waals surface area contributed by atoms with Crippen LogP contribution in [-0.2, 0) is 14.8 Å². The Kier molecular flexibility index (Phi) is 6.94. The fraction of sp³-hybridized carbons (Fsp3) is 0.500. The number of carbonyl (C=O) groups excluding carboxylic acids is 1. The van der Waals surface area contributed by atoms with Crippen LogP contribution in [0.2, 0.25) is 0 Å². The van der Waals surface area contributed by atoms with E-state index in [0.29, 0.717) is 0 Å². The summed E-state index contributed by atoms with van der Waals surface area (Å²) in [5.41, 5.74) is -0.132. The van der Waals surface area contributed by atoms with Crippen molar-refractivity contribution < 1.29 is 17.6 Å². The molecule has 1 aromatic rings. The van der Waals surface area contributed by atoms with E-state index in [0.717, 1.165) is 38.1 Å². The maximum absolute atomic E-state index is 13.6. The molecular formula is C14H21ClFN3O3S. The van der Waals surface area contributed by atoms with Crippen LogP contribution in [0.25, 0.3) is 0 Å². The van der Waals surface area contributed by atoms with Crippen molar-refractivity contribution in [2.24, 2.45) is 0 Å². The molecule has 0 spiro atoms. The number of rotatable bonds is 4. The molecule has 2 N–H and O–H groups in total. The average molecular weight is 366 g/mol. The Labute approximate surface area is 141 Å². The minimum atomic E-state index is -3.73. The van der Waals surface area contributed by atoms with E-state index in [1.807, 2.05) is 0 Å². The third-order valence-corrected chi connectivity index (χ3v) is 5.65. The lowest BCUT2D eigenvalue weighted by atomic mass is 10.1. The van der Waals surface area contributed by atoms with Crippen molar-refractivity contribution in [3.05, 3.63) is 24.0 Å². The van der Waals surface area contributed by atoms with Crippen LogP contribution in [0.5, 0.6) is 0 Å². The minimum Gasteiger partial charge on any atom is -0.324 e. The van der Waals surface area contributed by atoms with Crippen LogP contribution >= 0.6 is 12.4 Å². The monoisotopic (exact) mass is 365 g/mol. The van der Waals surface area contributed by atoms with Gasteiger partial charge in [0, 0.05) is 20.0 Å². The number of benzene rings is 1. The van der Waals surface area contributed by atoms with Gasteiger partial charge in [-0.25, -0.2) is 12.8 Å². The normalized spacial score (nSPS) is 16.0. The molecular weight excluding hydrogens is 345 g/mol. The smallest absolute Gasteiger partial charge is 0.243 e. The third kappa shape index (κ3) is 4.63. The number of piperidine rings is 1. The molecule has 0 radical (unpaired) electrons. The Morgan fingerprint density at radius 3 is 2.52 bits per heavy atom. The molecule has 1 saturated heterocycles. The van der Waals surface area contributed by atoms with Gasteiger partial charge in [-0.05, 0) is 44.1 Å². The van der Waals surface area contributed by atoms with Crippen molar-refractivity contribution in [2.45, 2.75) is 30.7 Å². The first-order chi connectivity index (χ1) is 10.3. The lowest BCUT2D eigenvalue weighted by molar-refractivity contribution is -0.114. The zero-order chi connectivity index (χ0) is 16.3. The highest BCUT2D eigenvalue weighted by atomic mass is 35.5. The number of hydrogen-bond acceptors (Lipinski definition) is 4. The van der Waals surface area contributed by atoms with Crippen LogP contribution in [0.3, 0.4) is 0 Å². The molecule has 9 heteroatoms. The number of amides is 1. The van der Waals surface area contributed by atoms with Crippen LogP contribution in [0.4, 0.5) is 10.1 Å². The fourth-order valence-corrected chi connectivity index (χ4v) is 3.93.